The number of sulfonamides is 1. The van der Waals surface area contributed by atoms with Gasteiger partial charge in [-0.1, -0.05) is 0 Å². The lowest BCUT2D eigenvalue weighted by Crippen LogP contribution is -2.49. The number of piperidine rings is 1. The normalized spacial score (nSPS) is 17.5. The Morgan fingerprint density at radius 3 is 2.42 bits per heavy atom. The molecule has 2 heterocycles. The number of nitrogens with one attached hydrogen (secondary N) is 2. The highest BCUT2D eigenvalue weighted by molar-refractivity contribution is 7.89. The Balaban J connectivity index is 1.99. The highest BCUT2D eigenvalue weighted by Gasteiger charge is 2.31. The minimum atomic E-state index is -3.80. The number of carbonyl (C=O) groups excluding carboxylic acids is 1. The molecular formula is C17H31N5O3S. The third-order valence-corrected chi connectivity index (χ3v) is 6.93. The molecule has 1 amide bonds. The van der Waals surface area contributed by atoms with Gasteiger partial charge in [0.1, 0.15) is 4.90 Å². The van der Waals surface area contributed by atoms with Gasteiger partial charge in [0, 0.05) is 20.1 Å². The van der Waals surface area contributed by atoms with Crippen LogP contribution in [0.25, 0.3) is 0 Å². The van der Waals surface area contributed by atoms with Gasteiger partial charge in [0.25, 0.3) is 0 Å². The third kappa shape index (κ3) is 4.63. The smallest absolute Gasteiger partial charge is 0.244 e. The molecule has 0 saturated carbocycles. The van der Waals surface area contributed by atoms with Crippen LogP contribution in [0.3, 0.4) is 0 Å². The molecule has 0 radical (unpaired) electrons. The van der Waals surface area contributed by atoms with Crippen molar-refractivity contribution in [2.75, 3.05) is 26.7 Å². The van der Waals surface area contributed by atoms with Gasteiger partial charge in [-0.2, -0.15) is 9.82 Å². The first-order chi connectivity index (χ1) is 12.2. The maximum absolute atomic E-state index is 12.7. The first-order valence-electron chi connectivity index (χ1n) is 9.13. The molecule has 8 nitrogen and oxygen atoms in total. The van der Waals surface area contributed by atoms with Crippen molar-refractivity contribution in [2.45, 2.75) is 51.0 Å². The average Bonchev–Trinajstić information content (AvgIpc) is 2.85. The zero-order valence-corrected chi connectivity index (χ0v) is 17.2. The lowest BCUT2D eigenvalue weighted by Gasteiger charge is -2.33. The maximum atomic E-state index is 12.7. The summed E-state index contributed by atoms with van der Waals surface area (Å²) < 4.78 is 29.5. The van der Waals surface area contributed by atoms with E-state index in [2.05, 4.69) is 15.1 Å². The number of likely N-dealkylation sites (tertiary alicyclic amines) is 1. The van der Waals surface area contributed by atoms with Crippen molar-refractivity contribution in [3.05, 3.63) is 11.4 Å². The van der Waals surface area contributed by atoms with E-state index in [1.165, 1.54) is 4.68 Å². The van der Waals surface area contributed by atoms with Crippen LogP contribution in [0.1, 0.15) is 37.6 Å². The van der Waals surface area contributed by atoms with Gasteiger partial charge in [-0.3, -0.25) is 9.48 Å². The van der Waals surface area contributed by atoms with Gasteiger partial charge >= 0.3 is 0 Å². The van der Waals surface area contributed by atoms with E-state index >= 15 is 0 Å². The van der Waals surface area contributed by atoms with Crippen LogP contribution in [0.4, 0.5) is 0 Å². The first-order valence-corrected chi connectivity index (χ1v) is 10.6. The van der Waals surface area contributed by atoms with Crippen LogP contribution < -0.4 is 10.0 Å². The summed E-state index contributed by atoms with van der Waals surface area (Å²) in [6.07, 6.45) is 3.04. The predicted molar refractivity (Wildman–Crippen MR) is 100 cm³/mol. The molecule has 1 saturated heterocycles. The molecule has 0 aromatic carbocycles. The summed E-state index contributed by atoms with van der Waals surface area (Å²) >= 11 is 0. The van der Waals surface area contributed by atoms with Gasteiger partial charge < -0.3 is 10.2 Å². The summed E-state index contributed by atoms with van der Waals surface area (Å²) in [5, 5.41) is 7.30. The van der Waals surface area contributed by atoms with Gasteiger partial charge in [-0.05, 0) is 59.5 Å². The molecule has 0 spiro atoms. The van der Waals surface area contributed by atoms with Crippen molar-refractivity contribution in [1.82, 2.24) is 24.7 Å². The molecule has 1 unspecified atom stereocenters. The molecule has 2 rings (SSSR count). The molecule has 9 heteroatoms. The Bertz CT molecular complexity index is 736. The van der Waals surface area contributed by atoms with E-state index in [9.17, 15) is 13.2 Å². The molecule has 1 aliphatic heterocycles. The molecule has 1 aromatic heterocycles. The van der Waals surface area contributed by atoms with Crippen molar-refractivity contribution in [1.29, 1.82) is 0 Å². The number of nitrogens with zero attached hydrogens (tertiary/aromatic N) is 3. The minimum Gasteiger partial charge on any atom is -0.341 e. The van der Waals surface area contributed by atoms with Gasteiger partial charge in [0.15, 0.2) is 0 Å². The van der Waals surface area contributed by atoms with Crippen LogP contribution in [0.15, 0.2) is 4.90 Å². The van der Waals surface area contributed by atoms with Gasteiger partial charge in [-0.15, -0.1) is 0 Å². The minimum absolute atomic E-state index is 0.158. The number of amides is 1. The number of rotatable bonds is 7. The summed E-state index contributed by atoms with van der Waals surface area (Å²) in [6, 6.07) is -0.798. The van der Waals surface area contributed by atoms with Crippen LogP contribution in [-0.2, 0) is 21.9 Å². The standard InChI is InChI=1S/C17H31N5O3S/c1-12-16(14(3)21(5)19-12)26(24,25)20-13(2)17(23)22-10-7-15(8-11-22)6-9-18-4/h13,15,18,20H,6-11H2,1-5H3. The van der Waals surface area contributed by atoms with E-state index in [0.29, 0.717) is 30.4 Å². The van der Waals surface area contributed by atoms with Crippen molar-refractivity contribution < 1.29 is 13.2 Å². The molecule has 1 aromatic rings. The highest BCUT2D eigenvalue weighted by Crippen LogP contribution is 2.22. The van der Waals surface area contributed by atoms with Crippen molar-refractivity contribution >= 4 is 15.9 Å². The van der Waals surface area contributed by atoms with E-state index < -0.39 is 16.1 Å². The van der Waals surface area contributed by atoms with E-state index in [1.54, 1.807) is 32.7 Å². The van der Waals surface area contributed by atoms with Crippen LogP contribution >= 0.6 is 0 Å². The number of aryl methyl sites for hydroxylation is 2. The summed E-state index contributed by atoms with van der Waals surface area (Å²) in [4.78, 5) is 14.6. The quantitative estimate of drug-likeness (QED) is 0.715. The number of hydrogen-bond acceptors (Lipinski definition) is 5. The number of carbonyl (C=O) groups is 1. The number of aromatic nitrogens is 2. The fourth-order valence-corrected chi connectivity index (χ4v) is 5.18. The van der Waals surface area contributed by atoms with Crippen LogP contribution in [0, 0.1) is 19.8 Å². The lowest BCUT2D eigenvalue weighted by molar-refractivity contribution is -0.134. The predicted octanol–water partition coefficient (Wildman–Crippen LogP) is 0.552. The fraction of sp³-hybridized carbons (Fsp3) is 0.765. The Hall–Kier alpha value is -1.45. The molecule has 1 aliphatic rings. The fourth-order valence-electron chi connectivity index (χ4n) is 3.55. The van der Waals surface area contributed by atoms with Crippen molar-refractivity contribution in [2.24, 2.45) is 13.0 Å². The number of hydrogen-bond donors (Lipinski definition) is 2. The molecule has 0 aliphatic carbocycles. The lowest BCUT2D eigenvalue weighted by atomic mass is 9.93. The maximum Gasteiger partial charge on any atom is 0.244 e. The third-order valence-electron chi connectivity index (χ3n) is 5.14. The second kappa shape index (κ2) is 8.49. The SMILES string of the molecule is CNCCC1CCN(C(=O)C(C)NS(=O)(=O)c2c(C)nn(C)c2C)CC1. The van der Waals surface area contributed by atoms with Crippen LogP contribution in [-0.4, -0.2) is 61.7 Å². The van der Waals surface area contributed by atoms with E-state index in [0.717, 1.165) is 25.8 Å². The van der Waals surface area contributed by atoms with E-state index in [4.69, 9.17) is 0 Å². The molecule has 1 fully saturated rings. The van der Waals surface area contributed by atoms with Gasteiger partial charge in [-0.25, -0.2) is 8.42 Å². The topological polar surface area (TPSA) is 96.3 Å². The summed E-state index contributed by atoms with van der Waals surface area (Å²) in [5.74, 6) is 0.457. The zero-order valence-electron chi connectivity index (χ0n) is 16.4. The van der Waals surface area contributed by atoms with E-state index in [1.807, 2.05) is 7.05 Å². The van der Waals surface area contributed by atoms with Crippen LogP contribution in [0.2, 0.25) is 0 Å². The molecule has 148 valence electrons. The van der Waals surface area contributed by atoms with Gasteiger partial charge in [0.2, 0.25) is 15.9 Å². The van der Waals surface area contributed by atoms with Crippen molar-refractivity contribution in [3.63, 3.8) is 0 Å². The molecule has 26 heavy (non-hydrogen) atoms. The Morgan fingerprint density at radius 2 is 1.92 bits per heavy atom. The molecule has 2 N–H and O–H groups in total. The zero-order chi connectivity index (χ0) is 19.5. The Kier molecular flexibility index (Phi) is 6.81. The van der Waals surface area contributed by atoms with E-state index in [-0.39, 0.29) is 10.8 Å². The summed E-state index contributed by atoms with van der Waals surface area (Å²) in [7, 11) is -0.150. The monoisotopic (exact) mass is 385 g/mol. The van der Waals surface area contributed by atoms with Crippen LogP contribution in [0.5, 0.6) is 0 Å². The molecule has 1 atom stereocenters. The first kappa shape index (κ1) is 20.9. The summed E-state index contributed by atoms with van der Waals surface area (Å²) in [6.45, 7) is 7.32. The second-order valence-corrected chi connectivity index (χ2v) is 8.78. The summed E-state index contributed by atoms with van der Waals surface area (Å²) in [5.41, 5.74) is 0.988. The molecule has 0 bridgehead atoms. The average molecular weight is 386 g/mol. The second-order valence-electron chi connectivity index (χ2n) is 7.13. The van der Waals surface area contributed by atoms with Gasteiger partial charge in [0.05, 0.1) is 17.4 Å². The van der Waals surface area contributed by atoms with Crippen molar-refractivity contribution in [3.8, 4) is 0 Å². The Morgan fingerprint density at radius 1 is 1.31 bits per heavy atom. The molecular weight excluding hydrogens is 354 g/mol. The highest BCUT2D eigenvalue weighted by atomic mass is 32.2. The Labute approximate surface area is 156 Å². The largest absolute Gasteiger partial charge is 0.341 e.